The second-order valence-corrected chi connectivity index (χ2v) is 5.46. The third-order valence-corrected chi connectivity index (χ3v) is 4.18. The minimum Gasteiger partial charge on any atom is -0.361 e. The molecule has 0 aliphatic carbocycles. The number of rotatable bonds is 2. The van der Waals surface area contributed by atoms with Crippen molar-refractivity contribution in [2.45, 2.75) is 18.5 Å². The summed E-state index contributed by atoms with van der Waals surface area (Å²) in [4.78, 5) is 2.94. The average Bonchev–Trinajstić information content (AvgIpc) is 2.94. The van der Waals surface area contributed by atoms with Crippen molar-refractivity contribution in [2.75, 3.05) is 0 Å². The van der Waals surface area contributed by atoms with Crippen molar-refractivity contribution in [3.05, 3.63) is 71.4 Å². The maximum absolute atomic E-state index is 14.1. The number of aromatic nitrogens is 1. The first kappa shape index (κ1) is 15.2. The molecule has 0 aliphatic rings. The van der Waals surface area contributed by atoms with Crippen molar-refractivity contribution in [1.29, 1.82) is 0 Å². The van der Waals surface area contributed by atoms with Crippen LogP contribution in [0.5, 0.6) is 0 Å². The largest absolute Gasteiger partial charge is 0.413 e. The molecule has 1 nitrogen and oxygen atoms in total. The SMILES string of the molecule is C#C[C@](c1ccccc1)(c1c[nH]c2c(C)cccc12)C(F)(F)F. The summed E-state index contributed by atoms with van der Waals surface area (Å²) in [6, 6.07) is 12.9. The Hall–Kier alpha value is -2.67. The predicted octanol–water partition coefficient (Wildman–Crippen LogP) is 4.96. The van der Waals surface area contributed by atoms with E-state index in [9.17, 15) is 13.2 Å². The summed E-state index contributed by atoms with van der Waals surface area (Å²) in [6.07, 6.45) is 2.21. The van der Waals surface area contributed by atoms with Crippen LogP contribution in [0.1, 0.15) is 16.7 Å². The molecule has 0 bridgehead atoms. The summed E-state index contributed by atoms with van der Waals surface area (Å²) in [5.74, 6) is 2.04. The lowest BCUT2D eigenvalue weighted by molar-refractivity contribution is -0.161. The Balaban J connectivity index is 2.41. The highest BCUT2D eigenvalue weighted by Crippen LogP contribution is 2.48. The number of fused-ring (bicyclic) bond motifs is 1. The fourth-order valence-electron chi connectivity index (χ4n) is 3.02. The third kappa shape index (κ3) is 2.12. The number of nitrogens with one attached hydrogen (secondary N) is 1. The standard InChI is InChI=1S/C19H14F3N/c1-3-18(19(20,21)22,14-9-5-4-6-10-14)16-12-23-17-13(2)8-7-11-15(16)17/h1,4-12,23H,2H3/t18-/m0/s1. The van der Waals surface area contributed by atoms with Crippen LogP contribution in [-0.2, 0) is 5.41 Å². The summed E-state index contributed by atoms with van der Waals surface area (Å²) in [5, 5.41) is 0.490. The fraction of sp³-hybridized carbons (Fsp3) is 0.158. The number of hydrogen-bond acceptors (Lipinski definition) is 0. The van der Waals surface area contributed by atoms with Gasteiger partial charge >= 0.3 is 6.18 Å². The molecule has 1 aromatic heterocycles. The lowest BCUT2D eigenvalue weighted by Gasteiger charge is -2.31. The van der Waals surface area contributed by atoms with Crippen LogP contribution >= 0.6 is 0 Å². The minimum absolute atomic E-state index is 0.0393. The first-order chi connectivity index (χ1) is 10.9. The molecule has 116 valence electrons. The molecule has 3 aromatic rings. The molecule has 1 N–H and O–H groups in total. The van der Waals surface area contributed by atoms with Crippen LogP contribution in [0.4, 0.5) is 13.2 Å². The predicted molar refractivity (Wildman–Crippen MR) is 85.1 cm³/mol. The minimum atomic E-state index is -4.62. The number of benzene rings is 2. The van der Waals surface area contributed by atoms with Gasteiger partial charge in [0.25, 0.3) is 0 Å². The zero-order valence-corrected chi connectivity index (χ0v) is 12.4. The number of terminal acetylenes is 1. The van der Waals surface area contributed by atoms with E-state index in [2.05, 4.69) is 4.98 Å². The van der Waals surface area contributed by atoms with Gasteiger partial charge in [-0.3, -0.25) is 0 Å². The molecule has 2 aromatic carbocycles. The summed E-state index contributed by atoms with van der Waals surface area (Å²) in [5.41, 5.74) is -0.854. The lowest BCUT2D eigenvalue weighted by Crippen LogP contribution is -2.42. The maximum Gasteiger partial charge on any atom is 0.413 e. The highest BCUT2D eigenvalue weighted by molar-refractivity contribution is 5.88. The van der Waals surface area contributed by atoms with Gasteiger partial charge in [0.15, 0.2) is 5.41 Å². The fourth-order valence-corrected chi connectivity index (χ4v) is 3.02. The number of hydrogen-bond donors (Lipinski definition) is 1. The number of H-pyrrole nitrogens is 1. The lowest BCUT2D eigenvalue weighted by atomic mass is 9.74. The molecular weight excluding hydrogens is 299 g/mol. The topological polar surface area (TPSA) is 15.8 Å². The molecule has 0 fully saturated rings. The van der Waals surface area contributed by atoms with Crippen molar-refractivity contribution >= 4 is 10.9 Å². The molecule has 3 rings (SSSR count). The maximum atomic E-state index is 14.1. The smallest absolute Gasteiger partial charge is 0.361 e. The zero-order valence-electron chi connectivity index (χ0n) is 12.4. The van der Waals surface area contributed by atoms with Gasteiger partial charge in [0.05, 0.1) is 0 Å². The van der Waals surface area contributed by atoms with Crippen molar-refractivity contribution in [1.82, 2.24) is 4.98 Å². The van der Waals surface area contributed by atoms with Crippen LogP contribution in [0.2, 0.25) is 0 Å². The number of halogens is 3. The Bertz CT molecular complexity index is 884. The molecular formula is C19H14F3N. The van der Waals surface area contributed by atoms with E-state index in [4.69, 9.17) is 6.42 Å². The Morgan fingerprint density at radius 1 is 1.00 bits per heavy atom. The number of alkyl halides is 3. The third-order valence-electron chi connectivity index (χ3n) is 4.18. The van der Waals surface area contributed by atoms with Crippen molar-refractivity contribution in [3.8, 4) is 12.3 Å². The highest BCUT2D eigenvalue weighted by Gasteiger charge is 2.57. The van der Waals surface area contributed by atoms with Gasteiger partial charge < -0.3 is 4.98 Å². The zero-order chi connectivity index (χ0) is 16.7. The van der Waals surface area contributed by atoms with E-state index in [1.54, 1.807) is 30.3 Å². The van der Waals surface area contributed by atoms with Gasteiger partial charge in [-0.15, -0.1) is 6.42 Å². The first-order valence-corrected chi connectivity index (χ1v) is 7.09. The van der Waals surface area contributed by atoms with E-state index in [1.165, 1.54) is 18.3 Å². The normalized spacial score (nSPS) is 14.4. The molecule has 1 atom stereocenters. The Labute approximate surface area is 132 Å². The van der Waals surface area contributed by atoms with Crippen molar-refractivity contribution in [3.63, 3.8) is 0 Å². The van der Waals surface area contributed by atoms with Crippen LogP contribution in [0.15, 0.2) is 54.7 Å². The van der Waals surface area contributed by atoms with Crippen LogP contribution in [0.3, 0.4) is 0 Å². The van der Waals surface area contributed by atoms with Gasteiger partial charge in [0.1, 0.15) is 0 Å². The number of aromatic amines is 1. The van der Waals surface area contributed by atoms with E-state index < -0.39 is 11.6 Å². The molecule has 0 radical (unpaired) electrons. The molecule has 0 saturated heterocycles. The molecule has 0 spiro atoms. The van der Waals surface area contributed by atoms with Crippen molar-refractivity contribution < 1.29 is 13.2 Å². The molecule has 0 unspecified atom stereocenters. The molecule has 23 heavy (non-hydrogen) atoms. The van der Waals surface area contributed by atoms with Gasteiger partial charge in [-0.1, -0.05) is 54.5 Å². The number of aryl methyl sites for hydroxylation is 1. The second-order valence-electron chi connectivity index (χ2n) is 5.46. The van der Waals surface area contributed by atoms with Crippen LogP contribution in [0, 0.1) is 19.3 Å². The quantitative estimate of drug-likeness (QED) is 0.644. The Kier molecular flexibility index (Phi) is 3.45. The van der Waals surface area contributed by atoms with E-state index >= 15 is 0 Å². The highest BCUT2D eigenvalue weighted by atomic mass is 19.4. The molecule has 0 amide bonds. The molecule has 0 aliphatic heterocycles. The van der Waals surface area contributed by atoms with Gasteiger partial charge in [0.2, 0.25) is 0 Å². The van der Waals surface area contributed by atoms with Gasteiger partial charge in [-0.25, -0.2) is 0 Å². The summed E-state index contributed by atoms with van der Waals surface area (Å²) >= 11 is 0. The van der Waals surface area contributed by atoms with Crippen LogP contribution in [-0.4, -0.2) is 11.2 Å². The first-order valence-electron chi connectivity index (χ1n) is 7.09. The Morgan fingerprint density at radius 3 is 2.30 bits per heavy atom. The van der Waals surface area contributed by atoms with E-state index in [1.807, 2.05) is 18.9 Å². The van der Waals surface area contributed by atoms with Gasteiger partial charge in [0, 0.05) is 22.7 Å². The molecule has 1 heterocycles. The summed E-state index contributed by atoms with van der Waals surface area (Å²) < 4.78 is 42.3. The second kappa shape index (κ2) is 5.20. The Morgan fingerprint density at radius 2 is 1.70 bits per heavy atom. The summed E-state index contributed by atoms with van der Waals surface area (Å²) in [7, 11) is 0. The average molecular weight is 313 g/mol. The van der Waals surface area contributed by atoms with E-state index in [0.29, 0.717) is 10.9 Å². The van der Waals surface area contributed by atoms with Gasteiger partial charge in [-0.05, 0) is 18.1 Å². The molecule has 4 heteroatoms. The monoisotopic (exact) mass is 313 g/mol. The number of para-hydroxylation sites is 1. The van der Waals surface area contributed by atoms with E-state index in [-0.39, 0.29) is 11.1 Å². The van der Waals surface area contributed by atoms with Crippen molar-refractivity contribution in [2.24, 2.45) is 0 Å². The van der Waals surface area contributed by atoms with Crippen LogP contribution < -0.4 is 0 Å². The summed E-state index contributed by atoms with van der Waals surface area (Å²) in [6.45, 7) is 1.84. The van der Waals surface area contributed by atoms with E-state index in [0.717, 1.165) is 5.56 Å². The molecule has 0 saturated carbocycles. The van der Waals surface area contributed by atoms with Gasteiger partial charge in [-0.2, -0.15) is 13.2 Å². The van der Waals surface area contributed by atoms with Crippen LogP contribution in [0.25, 0.3) is 10.9 Å².